The molecule has 4 saturated carbocycles. The van der Waals surface area contributed by atoms with Gasteiger partial charge in [0, 0.05) is 156 Å². The number of nitrogens with one attached hydrogen (secondary N) is 4. The fourth-order valence-corrected chi connectivity index (χ4v) is 22.5. The van der Waals surface area contributed by atoms with E-state index in [1.165, 1.54) is 14.2 Å². The predicted octanol–water partition coefficient (Wildman–Crippen LogP) is 16.1. The number of ketones is 3. The Morgan fingerprint density at radius 1 is 0.662 bits per heavy atom. The van der Waals surface area contributed by atoms with Gasteiger partial charge in [-0.2, -0.15) is 0 Å². The molecule has 0 radical (unpaired) electrons. The normalized spacial score (nSPS) is 32.7. The molecule has 20 unspecified atom stereocenters. The number of aromatic amines is 2. The van der Waals surface area contributed by atoms with Crippen LogP contribution in [-0.4, -0.2) is 215 Å². The standard InChI is InChI=1S/C54H64N4O11.C47H53N3O10.2C2H6.2S3/c1-10-16-38-44-41(17-14-12-13-15-21-53(44)49(57-50(60)62-9)54(30-52(38,53)8)65-24-25-66-54)69-48-42(68-43-27-33(6)40(29-64-43)58(31(3)4)51(61)63-23-11-2)28-36(34(7)67-48)47(59)46-45-35(20-22-55-46)37-26-32(5)18-19-39(37)56-45;1-7-12-33-39-36(13-10-8-9-11-17-46(39)43(50-45(54)56-6)35(52)23-47(33,46)55)60-44-37(59-38-20-26(4)28(24-57-38)19-25(2)3)22-31(27(5)58-44)42(53)41-40-30(16-18-48-41)32-21-29(51)14-15-34(32)49-40;2*1-2;2*1-3-2/h11-13,16,18-20,22,26,31,33-34,36,40-44,48-49,56H,2,10,23-25,27-30H2,1,3-9H3,(H,57,60);8-9,12,14-16,18,21,25-28,31,36-39,43-44,49,51,55H,7,19-20,22-24H2,1-6H3,(H,50,54);2*1-2H3;;/b13-12-,38-16+;9-8-,33-12+;;;;/t33?,34?,36?,40?,41-,42?,43?,44?,48?,49?,52+,53?;26?,27?,28?,31?,36-,37?,38?,39?,43?,44?,46?,47-;;;;/m00..../s1. The Balaban J connectivity index is 0.000000230. The van der Waals surface area contributed by atoms with E-state index in [1.807, 2.05) is 99.6 Å². The second kappa shape index (κ2) is 47.8. The lowest BCUT2D eigenvalue weighted by Gasteiger charge is -2.62. The molecule has 5 saturated heterocycles. The van der Waals surface area contributed by atoms with Gasteiger partial charge in [0.05, 0.1) is 87.2 Å². The Kier molecular flexibility index (Phi) is 37.3. The maximum atomic E-state index is 15.0. The van der Waals surface area contributed by atoms with Crippen molar-refractivity contribution in [1.82, 2.24) is 35.5 Å². The zero-order valence-corrected chi connectivity index (χ0v) is 87.0. The predicted molar refractivity (Wildman–Crippen MR) is 544 cm³/mol. The van der Waals surface area contributed by atoms with Gasteiger partial charge < -0.3 is 97.3 Å². The summed E-state index contributed by atoms with van der Waals surface area (Å²) < 4.78 is 82.9. The molecule has 3 spiro atoms. The summed E-state index contributed by atoms with van der Waals surface area (Å²) in [6, 6.07) is 12.5. The number of phenolic OH excluding ortho intramolecular Hbond substituents is 1. The van der Waals surface area contributed by atoms with Gasteiger partial charge in [-0.15, -0.1) is 0 Å². The van der Waals surface area contributed by atoms with E-state index in [4.69, 9.17) is 61.6 Å². The van der Waals surface area contributed by atoms with Crippen LogP contribution in [0.15, 0.2) is 121 Å². The van der Waals surface area contributed by atoms with Gasteiger partial charge in [0.2, 0.25) is 0 Å². The van der Waals surface area contributed by atoms with Gasteiger partial charge in [0.15, 0.2) is 48.3 Å². The Labute approximate surface area is 839 Å². The summed E-state index contributed by atoms with van der Waals surface area (Å²) in [4.78, 5) is 100. The minimum Gasteiger partial charge on any atom is -0.508 e. The lowest BCUT2D eigenvalue weighted by Crippen LogP contribution is -2.71. The molecule has 5 aliphatic heterocycles. The molecule has 34 heteroatoms. The van der Waals surface area contributed by atoms with Crippen molar-refractivity contribution in [2.75, 3.05) is 47.3 Å². The maximum absolute atomic E-state index is 15.0. The van der Waals surface area contributed by atoms with Crippen molar-refractivity contribution in [2.45, 2.75) is 266 Å². The first kappa shape index (κ1) is 109. The number of fused-ring (bicyclic) bond motifs is 6. The molecule has 28 nitrogen and oxygen atoms in total. The summed E-state index contributed by atoms with van der Waals surface area (Å²) >= 11 is 16.5. The van der Waals surface area contributed by atoms with Crippen LogP contribution in [0.2, 0.25) is 0 Å². The van der Waals surface area contributed by atoms with Crippen LogP contribution in [0.4, 0.5) is 14.4 Å². The number of carbonyl (C=O) groups excluding carboxylic acids is 6. The summed E-state index contributed by atoms with van der Waals surface area (Å²) in [5, 5.41) is 31.8. The molecule has 9 heterocycles. The third-order valence-electron chi connectivity index (χ3n) is 28.4. The van der Waals surface area contributed by atoms with Crippen molar-refractivity contribution < 1.29 is 101 Å². The largest absolute Gasteiger partial charge is 0.508 e. The van der Waals surface area contributed by atoms with Gasteiger partial charge in [0.25, 0.3) is 0 Å². The molecular formula is C105H129N7O21S6. The number of rotatable bonds is 22. The smallest absolute Gasteiger partial charge is 0.410 e. The highest BCUT2D eigenvalue weighted by atomic mass is 33.1. The van der Waals surface area contributed by atoms with Gasteiger partial charge in [-0.05, 0) is 163 Å². The number of methoxy groups -OCH3 is 2. The van der Waals surface area contributed by atoms with E-state index in [9.17, 15) is 39.0 Å². The van der Waals surface area contributed by atoms with E-state index < -0.39 is 149 Å². The second-order valence-electron chi connectivity index (χ2n) is 37.2. The number of aromatic nitrogens is 4. The van der Waals surface area contributed by atoms with Crippen LogP contribution in [0, 0.1) is 118 Å². The molecule has 6 N–H and O–H groups in total. The highest BCUT2D eigenvalue weighted by Gasteiger charge is 2.83. The van der Waals surface area contributed by atoms with Crippen LogP contribution in [0.25, 0.3) is 43.6 Å². The number of amides is 3. The SMILES string of the molecule is C=CCOC(=O)N(C(C)C)C1COC(OC2CC(C(=O)c3nccc4c3[nH]c3ccc(C)cc34)C(C)OC2O[C@H]2C#C/C=C\C#CC34C2/C(=C\CC)[C@@]3(C)CC2(OCCO2)C4NC(=O)OC)CC1C.CC.CC.CC/C=C1\C2[C@@H](OC3OC(C)C(C(=O)c4nccc5c4[nH]c4ccc(O)cc45)CC3OC3CC(C)C(CC(C)C)CO3)C#C/C=C\C#CC23C(NC(=O)OC)C(=O)C[C@]13O.S=S=S.S=S=S. The number of aliphatic hydroxyl groups is 1. The number of ether oxygens (including phenoxy) is 13. The first-order valence-electron chi connectivity index (χ1n) is 47.9. The number of aryl methyl sites for hydroxylation is 1. The minimum atomic E-state index is -1.70. The first-order chi connectivity index (χ1) is 66.8. The summed E-state index contributed by atoms with van der Waals surface area (Å²) in [5.41, 5.74) is 1.29. The van der Waals surface area contributed by atoms with Crippen molar-refractivity contribution in [1.29, 1.82) is 0 Å². The van der Waals surface area contributed by atoms with E-state index in [2.05, 4.69) is 183 Å². The fourth-order valence-electron chi connectivity index (χ4n) is 22.5. The third kappa shape index (κ3) is 21.7. The Morgan fingerprint density at radius 3 is 1.67 bits per heavy atom. The molecule has 17 rings (SSSR count). The van der Waals surface area contributed by atoms with Crippen molar-refractivity contribution in [3.05, 3.63) is 138 Å². The first-order valence-corrected chi connectivity index (χ1v) is 53.3. The molecule has 6 aromatic rings. The number of nitrogens with zero attached hydrogens (tertiary/aromatic N) is 3. The second-order valence-corrected chi connectivity index (χ2v) is 40.7. The Hall–Kier alpha value is -9.22. The minimum absolute atomic E-state index is 0.0658. The average molecular weight is 2020 g/mol. The lowest BCUT2D eigenvalue weighted by molar-refractivity contribution is -0.312. The molecule has 0 bridgehead atoms. The van der Waals surface area contributed by atoms with Gasteiger partial charge in [-0.25, -0.2) is 14.4 Å². The number of hydrogen-bond acceptors (Lipinski definition) is 27. The molecular weight excluding hydrogens is 1890 g/mol. The highest BCUT2D eigenvalue weighted by molar-refractivity contribution is 8.37. The molecule has 139 heavy (non-hydrogen) atoms. The number of carbonyl (C=O) groups is 6. The number of H-pyrrole nitrogens is 2. The van der Waals surface area contributed by atoms with Crippen molar-refractivity contribution in [2.24, 2.45) is 63.6 Å². The number of aromatic hydroxyl groups is 1. The molecule has 9 fully saturated rings. The number of alkyl carbamates (subject to hydrolysis) is 2. The monoisotopic (exact) mass is 2020 g/mol. The molecule has 24 atom stereocenters. The van der Waals surface area contributed by atoms with E-state index in [0.717, 1.165) is 74.3 Å². The zero-order chi connectivity index (χ0) is 101. The molecule has 6 aliphatic carbocycles. The Morgan fingerprint density at radius 2 is 1.16 bits per heavy atom. The molecule has 11 aliphatic rings. The zero-order valence-electron chi connectivity index (χ0n) is 82.1. The lowest BCUT2D eigenvalue weighted by atomic mass is 9.41. The van der Waals surface area contributed by atoms with E-state index in [1.54, 1.807) is 65.9 Å². The fraction of sp³-hybridized carbons (Fsp3) is 0.562. The number of phenols is 1. The molecule has 2 aromatic carbocycles. The van der Waals surface area contributed by atoms with E-state index >= 15 is 0 Å². The van der Waals surface area contributed by atoms with E-state index in [0.29, 0.717) is 85.6 Å². The average Bonchev–Trinajstić information content (AvgIpc) is 1.48. The summed E-state index contributed by atoms with van der Waals surface area (Å²) in [6.45, 7) is 37.7. The van der Waals surface area contributed by atoms with Crippen LogP contribution in [-0.2, 0) is 129 Å². The van der Waals surface area contributed by atoms with Crippen LogP contribution < -0.4 is 10.6 Å². The number of allylic oxidation sites excluding steroid dienone is 6. The molecule has 746 valence electrons. The maximum Gasteiger partial charge on any atom is 0.410 e. The number of pyridine rings is 2. The van der Waals surface area contributed by atoms with Crippen LogP contribution >= 0.6 is 0 Å². The van der Waals surface area contributed by atoms with Gasteiger partial charge in [-0.3, -0.25) is 24.4 Å². The molecule has 3 amide bonds. The molecule has 4 aromatic heterocycles. The van der Waals surface area contributed by atoms with E-state index in [-0.39, 0.29) is 73.5 Å². The quantitative estimate of drug-likeness (QED) is 0.0159. The van der Waals surface area contributed by atoms with Crippen molar-refractivity contribution in [3.8, 4) is 53.1 Å². The van der Waals surface area contributed by atoms with Crippen LogP contribution in [0.5, 0.6) is 5.75 Å². The third-order valence-corrected chi connectivity index (χ3v) is 28.4. The summed E-state index contributed by atoms with van der Waals surface area (Å²) in [7, 11) is 4.37. The summed E-state index contributed by atoms with van der Waals surface area (Å²) in [5.74, 6) is 22.4. The van der Waals surface area contributed by atoms with Gasteiger partial charge >= 0.3 is 18.3 Å². The van der Waals surface area contributed by atoms with Crippen molar-refractivity contribution in [3.63, 3.8) is 0 Å². The topological polar surface area (TPSA) is 348 Å². The number of benzene rings is 2. The Bertz CT molecular complexity index is 6000. The highest BCUT2D eigenvalue weighted by Crippen LogP contribution is 2.77. The van der Waals surface area contributed by atoms with Crippen LogP contribution in [0.1, 0.15) is 188 Å². The summed E-state index contributed by atoms with van der Waals surface area (Å²) in [6.07, 6.45) is 9.03. The van der Waals surface area contributed by atoms with Crippen molar-refractivity contribution >= 4 is 142 Å². The van der Waals surface area contributed by atoms with Gasteiger partial charge in [0.1, 0.15) is 71.3 Å². The number of Topliss-reactive ketones (excluding diaryl/α,β-unsaturated/α-hetero) is 3. The van der Waals surface area contributed by atoms with Crippen LogP contribution in [0.3, 0.4) is 0 Å². The number of hydrogen-bond donors (Lipinski definition) is 6. The van der Waals surface area contributed by atoms with Gasteiger partial charge in [-0.1, -0.05) is 166 Å².